The van der Waals surface area contributed by atoms with Crippen LogP contribution in [0.2, 0.25) is 0 Å². The first kappa shape index (κ1) is 7.92. The zero-order chi connectivity index (χ0) is 8.55. The van der Waals surface area contributed by atoms with Gasteiger partial charge in [0, 0.05) is 22.4 Å². The fourth-order valence-corrected chi connectivity index (χ4v) is 2.23. The summed E-state index contributed by atoms with van der Waals surface area (Å²) < 4.78 is 1.13. The number of hydrogen-bond donors (Lipinski definition) is 2. The predicted molar refractivity (Wildman–Crippen MR) is 55.4 cm³/mol. The molecule has 3 N–H and O–H groups in total. The van der Waals surface area contributed by atoms with E-state index in [0.717, 1.165) is 23.1 Å². The average molecular weight is 227 g/mol. The van der Waals surface area contributed by atoms with Crippen molar-refractivity contribution in [2.45, 2.75) is 12.8 Å². The topological polar surface area (TPSA) is 38.0 Å². The van der Waals surface area contributed by atoms with Gasteiger partial charge < -0.3 is 11.1 Å². The summed E-state index contributed by atoms with van der Waals surface area (Å²) in [6.45, 7) is 1.06. The zero-order valence-corrected chi connectivity index (χ0v) is 8.32. The molecular weight excluding hydrogens is 216 g/mol. The van der Waals surface area contributed by atoms with Crippen LogP contribution in [0, 0.1) is 0 Å². The van der Waals surface area contributed by atoms with Crippen LogP contribution in [0.5, 0.6) is 0 Å². The number of benzene rings is 1. The molecule has 1 aromatic carbocycles. The maximum atomic E-state index is 5.71. The minimum absolute atomic E-state index is 0.815. The second-order valence-electron chi connectivity index (χ2n) is 3.06. The molecule has 12 heavy (non-hydrogen) atoms. The Bertz CT molecular complexity index is 310. The highest BCUT2D eigenvalue weighted by Gasteiger charge is 2.11. The smallest absolute Gasteiger partial charge is 0.0404 e. The Labute approximate surface area is 80.3 Å². The van der Waals surface area contributed by atoms with Crippen molar-refractivity contribution >= 4 is 27.3 Å². The molecule has 0 unspecified atom stereocenters. The molecule has 0 spiro atoms. The first-order valence-electron chi connectivity index (χ1n) is 4.09. The lowest BCUT2D eigenvalue weighted by Crippen LogP contribution is -2.12. The number of fused-ring (bicyclic) bond motifs is 1. The van der Waals surface area contributed by atoms with Crippen molar-refractivity contribution in [1.82, 2.24) is 0 Å². The van der Waals surface area contributed by atoms with Gasteiger partial charge in [0.1, 0.15) is 0 Å². The van der Waals surface area contributed by atoms with Gasteiger partial charge in [0.25, 0.3) is 0 Å². The van der Waals surface area contributed by atoms with Crippen LogP contribution in [0.3, 0.4) is 0 Å². The molecule has 64 valence electrons. The first-order valence-corrected chi connectivity index (χ1v) is 4.88. The predicted octanol–water partition coefficient (Wildman–Crippen LogP) is 2.39. The molecule has 1 aliphatic heterocycles. The standard InChI is InChI=1S/C9H11BrN2/c10-8-4-6(11)5-9-7(8)2-1-3-12-9/h4-5,12H,1-3,11H2. The molecule has 1 heterocycles. The summed E-state index contributed by atoms with van der Waals surface area (Å²) in [6, 6.07) is 3.96. The quantitative estimate of drug-likeness (QED) is 0.668. The summed E-state index contributed by atoms with van der Waals surface area (Å²) >= 11 is 3.51. The number of nitrogens with two attached hydrogens (primary N) is 1. The molecule has 0 fully saturated rings. The number of rotatable bonds is 0. The second kappa shape index (κ2) is 2.98. The van der Waals surface area contributed by atoms with Crippen molar-refractivity contribution in [1.29, 1.82) is 0 Å². The number of nitrogens with one attached hydrogen (secondary N) is 1. The third-order valence-corrected chi connectivity index (χ3v) is 2.84. The largest absolute Gasteiger partial charge is 0.399 e. The highest BCUT2D eigenvalue weighted by Crippen LogP contribution is 2.31. The van der Waals surface area contributed by atoms with E-state index >= 15 is 0 Å². The third-order valence-electron chi connectivity index (χ3n) is 2.14. The third kappa shape index (κ3) is 1.29. The first-order chi connectivity index (χ1) is 5.77. The van der Waals surface area contributed by atoms with Crippen LogP contribution in [-0.2, 0) is 6.42 Å². The molecule has 0 saturated carbocycles. The fraction of sp³-hybridized carbons (Fsp3) is 0.333. The molecule has 0 amide bonds. The summed E-state index contributed by atoms with van der Waals surface area (Å²) in [6.07, 6.45) is 2.35. The van der Waals surface area contributed by atoms with Crippen LogP contribution in [0.1, 0.15) is 12.0 Å². The Balaban J connectivity index is 2.53. The summed E-state index contributed by atoms with van der Waals surface area (Å²) in [5.74, 6) is 0. The second-order valence-corrected chi connectivity index (χ2v) is 3.91. The minimum atomic E-state index is 0.815. The molecule has 0 bridgehead atoms. The molecular formula is C9H11BrN2. The van der Waals surface area contributed by atoms with Gasteiger partial charge in [-0.25, -0.2) is 0 Å². The molecule has 0 atom stereocenters. The fourth-order valence-electron chi connectivity index (χ4n) is 1.56. The molecule has 0 aromatic heterocycles. The number of anilines is 2. The molecule has 1 aromatic rings. The monoisotopic (exact) mass is 226 g/mol. The highest BCUT2D eigenvalue weighted by atomic mass is 79.9. The normalized spacial score (nSPS) is 15.1. The lowest BCUT2D eigenvalue weighted by molar-refractivity contribution is 0.827. The van der Waals surface area contributed by atoms with Crippen LogP contribution < -0.4 is 11.1 Å². The van der Waals surface area contributed by atoms with Gasteiger partial charge in [-0.2, -0.15) is 0 Å². The van der Waals surface area contributed by atoms with Crippen LogP contribution in [-0.4, -0.2) is 6.54 Å². The van der Waals surface area contributed by atoms with Crippen molar-refractivity contribution in [3.8, 4) is 0 Å². The van der Waals surface area contributed by atoms with Gasteiger partial charge in [0.2, 0.25) is 0 Å². The zero-order valence-electron chi connectivity index (χ0n) is 6.73. The summed E-state index contributed by atoms with van der Waals surface area (Å²) in [5.41, 5.74) is 9.07. The van der Waals surface area contributed by atoms with Gasteiger partial charge in [-0.3, -0.25) is 0 Å². The highest BCUT2D eigenvalue weighted by molar-refractivity contribution is 9.10. The van der Waals surface area contributed by atoms with Crippen molar-refractivity contribution in [2.75, 3.05) is 17.6 Å². The number of hydrogen-bond acceptors (Lipinski definition) is 2. The number of halogens is 1. The van der Waals surface area contributed by atoms with E-state index in [1.165, 1.54) is 17.7 Å². The summed E-state index contributed by atoms with van der Waals surface area (Å²) in [5, 5.41) is 3.33. The van der Waals surface area contributed by atoms with E-state index in [9.17, 15) is 0 Å². The lowest BCUT2D eigenvalue weighted by atomic mass is 10.0. The van der Waals surface area contributed by atoms with E-state index in [1.54, 1.807) is 0 Å². The molecule has 1 aliphatic rings. The Kier molecular flexibility index (Phi) is 1.97. The van der Waals surface area contributed by atoms with Crippen molar-refractivity contribution in [2.24, 2.45) is 0 Å². The van der Waals surface area contributed by atoms with Gasteiger partial charge in [-0.05, 0) is 30.5 Å². The Morgan fingerprint density at radius 1 is 1.42 bits per heavy atom. The van der Waals surface area contributed by atoms with E-state index in [-0.39, 0.29) is 0 Å². The van der Waals surface area contributed by atoms with E-state index < -0.39 is 0 Å². The minimum Gasteiger partial charge on any atom is -0.399 e. The van der Waals surface area contributed by atoms with Gasteiger partial charge in [-0.15, -0.1) is 0 Å². The van der Waals surface area contributed by atoms with E-state index in [1.807, 2.05) is 12.1 Å². The van der Waals surface area contributed by atoms with Crippen molar-refractivity contribution in [3.63, 3.8) is 0 Å². The molecule has 0 aliphatic carbocycles. The van der Waals surface area contributed by atoms with E-state index in [2.05, 4.69) is 21.2 Å². The maximum Gasteiger partial charge on any atom is 0.0404 e. The van der Waals surface area contributed by atoms with Crippen LogP contribution >= 0.6 is 15.9 Å². The van der Waals surface area contributed by atoms with Crippen molar-refractivity contribution < 1.29 is 0 Å². The maximum absolute atomic E-state index is 5.71. The van der Waals surface area contributed by atoms with E-state index in [4.69, 9.17) is 5.73 Å². The van der Waals surface area contributed by atoms with Gasteiger partial charge in [-0.1, -0.05) is 15.9 Å². The number of nitrogen functional groups attached to an aromatic ring is 1. The van der Waals surface area contributed by atoms with Gasteiger partial charge in [0.05, 0.1) is 0 Å². The SMILES string of the molecule is Nc1cc(Br)c2c(c1)NCCC2. The van der Waals surface area contributed by atoms with Crippen LogP contribution in [0.4, 0.5) is 11.4 Å². The van der Waals surface area contributed by atoms with Gasteiger partial charge in [0.15, 0.2) is 0 Å². The molecule has 2 nitrogen and oxygen atoms in total. The summed E-state index contributed by atoms with van der Waals surface area (Å²) in [7, 11) is 0. The Morgan fingerprint density at radius 3 is 3.08 bits per heavy atom. The summed E-state index contributed by atoms with van der Waals surface area (Å²) in [4.78, 5) is 0. The lowest BCUT2D eigenvalue weighted by Gasteiger charge is -2.19. The molecule has 0 radical (unpaired) electrons. The van der Waals surface area contributed by atoms with Gasteiger partial charge >= 0.3 is 0 Å². The Morgan fingerprint density at radius 2 is 2.25 bits per heavy atom. The molecule has 2 rings (SSSR count). The Hall–Kier alpha value is -0.700. The average Bonchev–Trinajstić information content (AvgIpc) is 2.04. The van der Waals surface area contributed by atoms with Crippen LogP contribution in [0.15, 0.2) is 16.6 Å². The molecule has 0 saturated heterocycles. The van der Waals surface area contributed by atoms with Crippen molar-refractivity contribution in [3.05, 3.63) is 22.2 Å². The van der Waals surface area contributed by atoms with E-state index in [0.29, 0.717) is 0 Å². The molecule has 3 heteroatoms. The van der Waals surface area contributed by atoms with Crippen LogP contribution in [0.25, 0.3) is 0 Å².